The number of aromatic carboxylic acids is 1. The third kappa shape index (κ3) is 4.56. The predicted octanol–water partition coefficient (Wildman–Crippen LogP) is 6.03. The number of benzene rings is 3. The number of methoxy groups -OCH3 is 1. The molecule has 0 spiro atoms. The molecule has 3 aromatic carbocycles. The number of nitro benzene ring substituents is 1. The van der Waals surface area contributed by atoms with Gasteiger partial charge in [0.15, 0.2) is 0 Å². The molecule has 1 aliphatic rings. The van der Waals surface area contributed by atoms with Gasteiger partial charge in [0.2, 0.25) is 0 Å². The highest BCUT2D eigenvalue weighted by Crippen LogP contribution is 2.40. The molecule has 9 nitrogen and oxygen atoms in total. The predicted molar refractivity (Wildman–Crippen MR) is 141 cm³/mol. The number of nitro groups is 1. The van der Waals surface area contributed by atoms with Gasteiger partial charge in [-0.25, -0.2) is 4.79 Å². The van der Waals surface area contributed by atoms with E-state index in [1.807, 2.05) is 30.3 Å². The van der Waals surface area contributed by atoms with Crippen LogP contribution in [0.25, 0.3) is 23.1 Å². The number of carboxylic acids is 1. The van der Waals surface area contributed by atoms with E-state index in [0.717, 1.165) is 5.56 Å². The SMILES string of the molecule is COc1cc(C(=O)O)ccc1N1C(=O)/C(=C/c2ccc(-c3ccc([N+](=O)[O-])cc3)o2)C=C1c1ccccc1. The number of rotatable bonds is 7. The van der Waals surface area contributed by atoms with Crippen LogP contribution in [0.15, 0.2) is 101 Å². The molecule has 0 aliphatic carbocycles. The van der Waals surface area contributed by atoms with Gasteiger partial charge in [0.1, 0.15) is 17.3 Å². The maximum Gasteiger partial charge on any atom is 0.335 e. The number of carboxylic acid groups (broad SMARTS) is 1. The second-order valence-electron chi connectivity index (χ2n) is 8.33. The number of hydrogen-bond donors (Lipinski definition) is 1. The first-order chi connectivity index (χ1) is 18.4. The highest BCUT2D eigenvalue weighted by molar-refractivity contribution is 6.23. The molecular formula is C29H20N2O7. The molecule has 4 aromatic rings. The lowest BCUT2D eigenvalue weighted by Crippen LogP contribution is -2.25. The van der Waals surface area contributed by atoms with Crippen LogP contribution in [0.3, 0.4) is 0 Å². The Labute approximate surface area is 216 Å². The first kappa shape index (κ1) is 24.3. The van der Waals surface area contributed by atoms with Crippen molar-refractivity contribution in [1.82, 2.24) is 0 Å². The topological polar surface area (TPSA) is 123 Å². The third-order valence-electron chi connectivity index (χ3n) is 6.01. The summed E-state index contributed by atoms with van der Waals surface area (Å²) in [5, 5.41) is 20.3. The first-order valence-electron chi connectivity index (χ1n) is 11.4. The number of carbonyl (C=O) groups is 2. The van der Waals surface area contributed by atoms with E-state index in [0.29, 0.717) is 34.0 Å². The maximum atomic E-state index is 13.7. The summed E-state index contributed by atoms with van der Waals surface area (Å²) in [4.78, 5) is 37.1. The molecule has 1 aliphatic heterocycles. The van der Waals surface area contributed by atoms with Crippen molar-refractivity contribution < 1.29 is 28.8 Å². The van der Waals surface area contributed by atoms with Crippen LogP contribution in [0.2, 0.25) is 0 Å². The van der Waals surface area contributed by atoms with Crippen molar-refractivity contribution in [3.8, 4) is 17.1 Å². The Bertz CT molecular complexity index is 1620. The molecule has 5 rings (SSSR count). The fourth-order valence-electron chi connectivity index (χ4n) is 4.16. The average molecular weight is 508 g/mol. The number of non-ortho nitro benzene ring substituents is 1. The van der Waals surface area contributed by atoms with Gasteiger partial charge in [0.25, 0.3) is 11.6 Å². The average Bonchev–Trinajstić information content (AvgIpc) is 3.53. The molecular weight excluding hydrogens is 488 g/mol. The summed E-state index contributed by atoms with van der Waals surface area (Å²) >= 11 is 0. The summed E-state index contributed by atoms with van der Waals surface area (Å²) in [5.41, 5.74) is 2.77. The Morgan fingerprint density at radius 2 is 1.74 bits per heavy atom. The number of amides is 1. The van der Waals surface area contributed by atoms with Crippen LogP contribution >= 0.6 is 0 Å². The summed E-state index contributed by atoms with van der Waals surface area (Å²) in [6.45, 7) is 0. The van der Waals surface area contributed by atoms with E-state index in [1.54, 1.807) is 42.5 Å². The van der Waals surface area contributed by atoms with E-state index < -0.39 is 10.9 Å². The van der Waals surface area contributed by atoms with Crippen LogP contribution in [-0.2, 0) is 4.79 Å². The number of anilines is 1. The van der Waals surface area contributed by atoms with E-state index in [4.69, 9.17) is 9.15 Å². The molecule has 1 N–H and O–H groups in total. The van der Waals surface area contributed by atoms with Crippen LogP contribution < -0.4 is 9.64 Å². The lowest BCUT2D eigenvalue weighted by molar-refractivity contribution is -0.384. The number of carbonyl (C=O) groups excluding carboxylic acids is 1. The maximum absolute atomic E-state index is 13.7. The Morgan fingerprint density at radius 1 is 1.00 bits per heavy atom. The quantitative estimate of drug-likeness (QED) is 0.184. The van der Waals surface area contributed by atoms with Gasteiger partial charge in [-0.2, -0.15) is 0 Å². The Balaban J connectivity index is 1.54. The first-order valence-corrected chi connectivity index (χ1v) is 11.4. The molecule has 0 bridgehead atoms. The fourth-order valence-corrected chi connectivity index (χ4v) is 4.16. The van der Waals surface area contributed by atoms with Gasteiger partial charge in [-0.1, -0.05) is 30.3 Å². The highest BCUT2D eigenvalue weighted by atomic mass is 16.6. The highest BCUT2D eigenvalue weighted by Gasteiger charge is 2.33. The standard InChI is InChI=1S/C29H20N2O7/c1-37-27-17-20(29(33)34)9-13-24(27)30-25(18-5-3-2-4-6-18)16-21(28(30)32)15-23-12-14-26(38-23)19-7-10-22(11-8-19)31(35)36/h2-17H,1H3,(H,33,34)/b21-15+. The molecule has 1 aromatic heterocycles. The molecule has 1 amide bonds. The Morgan fingerprint density at radius 3 is 2.39 bits per heavy atom. The molecule has 2 heterocycles. The molecule has 38 heavy (non-hydrogen) atoms. The zero-order valence-electron chi connectivity index (χ0n) is 20.0. The van der Waals surface area contributed by atoms with Gasteiger partial charge in [-0.15, -0.1) is 0 Å². The van der Waals surface area contributed by atoms with Gasteiger partial charge >= 0.3 is 5.97 Å². The van der Waals surface area contributed by atoms with E-state index in [1.165, 1.54) is 36.3 Å². The minimum absolute atomic E-state index is 0.0234. The van der Waals surface area contributed by atoms with Crippen LogP contribution in [-0.4, -0.2) is 29.0 Å². The molecule has 188 valence electrons. The zero-order chi connectivity index (χ0) is 26.8. The molecule has 0 radical (unpaired) electrons. The number of nitrogens with zero attached hydrogens (tertiary/aromatic N) is 2. The Hall–Kier alpha value is -5.44. The van der Waals surface area contributed by atoms with Crippen LogP contribution in [0.4, 0.5) is 11.4 Å². The Kier molecular flexibility index (Phi) is 6.32. The van der Waals surface area contributed by atoms with Gasteiger partial charge in [0.05, 0.1) is 29.0 Å². The van der Waals surface area contributed by atoms with Gasteiger partial charge < -0.3 is 14.3 Å². The fraction of sp³-hybridized carbons (Fsp3) is 0.0345. The number of furan rings is 1. The molecule has 0 unspecified atom stereocenters. The van der Waals surface area contributed by atoms with Crippen molar-refractivity contribution in [2.45, 2.75) is 0 Å². The normalized spacial score (nSPS) is 14.0. The lowest BCUT2D eigenvalue weighted by Gasteiger charge is -2.23. The van der Waals surface area contributed by atoms with E-state index in [9.17, 15) is 24.8 Å². The number of hydrogen-bond acceptors (Lipinski definition) is 6. The third-order valence-corrected chi connectivity index (χ3v) is 6.01. The van der Waals surface area contributed by atoms with Crippen LogP contribution in [0.1, 0.15) is 21.7 Å². The lowest BCUT2D eigenvalue weighted by atomic mass is 10.1. The zero-order valence-corrected chi connectivity index (χ0v) is 20.0. The van der Waals surface area contributed by atoms with Crippen LogP contribution in [0.5, 0.6) is 5.75 Å². The summed E-state index contributed by atoms with van der Waals surface area (Å²) in [7, 11) is 1.41. The molecule has 0 fully saturated rings. The molecule has 0 atom stereocenters. The summed E-state index contributed by atoms with van der Waals surface area (Å²) in [6.07, 6.45) is 3.34. The second-order valence-corrected chi connectivity index (χ2v) is 8.33. The minimum Gasteiger partial charge on any atom is -0.495 e. The second kappa shape index (κ2) is 9.90. The summed E-state index contributed by atoms with van der Waals surface area (Å²) < 4.78 is 11.4. The van der Waals surface area contributed by atoms with Crippen molar-refractivity contribution in [1.29, 1.82) is 0 Å². The van der Waals surface area contributed by atoms with E-state index in [-0.39, 0.29) is 22.9 Å². The molecule has 0 saturated carbocycles. The summed E-state index contributed by atoms with van der Waals surface area (Å²) in [6, 6.07) is 23.1. The minimum atomic E-state index is -1.11. The van der Waals surface area contributed by atoms with Gasteiger partial charge in [0, 0.05) is 23.3 Å². The molecule has 0 saturated heterocycles. The smallest absolute Gasteiger partial charge is 0.335 e. The van der Waals surface area contributed by atoms with Crippen molar-refractivity contribution in [2.75, 3.05) is 12.0 Å². The monoisotopic (exact) mass is 508 g/mol. The van der Waals surface area contributed by atoms with Crippen LogP contribution in [0, 0.1) is 10.1 Å². The largest absolute Gasteiger partial charge is 0.495 e. The van der Waals surface area contributed by atoms with Crippen molar-refractivity contribution in [3.63, 3.8) is 0 Å². The van der Waals surface area contributed by atoms with Crippen molar-refractivity contribution in [3.05, 3.63) is 124 Å². The van der Waals surface area contributed by atoms with Gasteiger partial charge in [-0.3, -0.25) is 19.8 Å². The summed E-state index contributed by atoms with van der Waals surface area (Å²) in [5.74, 6) is -0.311. The van der Waals surface area contributed by atoms with Crippen molar-refractivity contribution >= 4 is 35.0 Å². The number of ether oxygens (including phenoxy) is 1. The van der Waals surface area contributed by atoms with Gasteiger partial charge in [-0.05, 0) is 60.2 Å². The van der Waals surface area contributed by atoms with Crippen molar-refractivity contribution in [2.24, 2.45) is 0 Å². The van der Waals surface area contributed by atoms with E-state index >= 15 is 0 Å². The molecule has 9 heteroatoms. The van der Waals surface area contributed by atoms with E-state index in [2.05, 4.69) is 0 Å².